The van der Waals surface area contributed by atoms with Gasteiger partial charge in [0.15, 0.2) is 0 Å². The molecular weight excluding hydrogens is 298 g/mol. The fraction of sp³-hybridized carbons (Fsp3) is 0.111. The molecule has 0 unspecified atom stereocenters. The van der Waals surface area contributed by atoms with Crippen molar-refractivity contribution < 1.29 is 9.47 Å². The van der Waals surface area contributed by atoms with Gasteiger partial charge in [0.1, 0.15) is 11.5 Å². The first-order chi connectivity index (χ1) is 10.5. The van der Waals surface area contributed by atoms with Crippen molar-refractivity contribution in [2.75, 3.05) is 20.0 Å². The summed E-state index contributed by atoms with van der Waals surface area (Å²) in [6, 6.07) is 10.7. The highest BCUT2D eigenvalue weighted by molar-refractivity contribution is 6.30. The van der Waals surface area contributed by atoms with Gasteiger partial charge in [0.05, 0.1) is 14.2 Å². The van der Waals surface area contributed by atoms with Crippen LogP contribution in [-0.4, -0.2) is 14.2 Å². The molecule has 0 amide bonds. The summed E-state index contributed by atoms with van der Waals surface area (Å²) in [5, 5.41) is 0.592. The molecule has 0 atom stereocenters. The molecule has 4 heteroatoms. The monoisotopic (exact) mass is 313 g/mol. The molecule has 0 saturated carbocycles. The van der Waals surface area contributed by atoms with E-state index >= 15 is 0 Å². The van der Waals surface area contributed by atoms with Crippen LogP contribution in [0, 0.1) is 11.8 Å². The van der Waals surface area contributed by atoms with Crippen LogP contribution in [0.4, 0.5) is 5.69 Å². The first kappa shape index (κ1) is 15.8. The van der Waals surface area contributed by atoms with Crippen molar-refractivity contribution in [1.29, 1.82) is 0 Å². The second-order valence-corrected chi connectivity index (χ2v) is 4.96. The molecule has 0 saturated heterocycles. The normalized spacial score (nSPS) is 9.59. The third-order valence-electron chi connectivity index (χ3n) is 3.12. The Morgan fingerprint density at radius 3 is 2.50 bits per heavy atom. The Balaban J connectivity index is 2.48. The Morgan fingerprint density at radius 2 is 1.82 bits per heavy atom. The highest BCUT2D eigenvalue weighted by Gasteiger charge is 2.07. The quantitative estimate of drug-likeness (QED) is 0.530. The van der Waals surface area contributed by atoms with Crippen LogP contribution in [0.2, 0.25) is 5.02 Å². The van der Waals surface area contributed by atoms with Crippen molar-refractivity contribution in [2.45, 2.75) is 0 Å². The van der Waals surface area contributed by atoms with Crippen molar-refractivity contribution in [1.82, 2.24) is 0 Å². The van der Waals surface area contributed by atoms with E-state index < -0.39 is 0 Å². The van der Waals surface area contributed by atoms with Gasteiger partial charge >= 0.3 is 0 Å². The molecule has 0 bridgehead atoms. The SMILES string of the molecule is C=C(OC)c1cc(OC)ccc1C#Cc1cc(Cl)ccc1N. The van der Waals surface area contributed by atoms with Crippen molar-refractivity contribution in [3.63, 3.8) is 0 Å². The number of halogens is 1. The number of benzene rings is 2. The molecule has 2 N–H and O–H groups in total. The second kappa shape index (κ2) is 6.93. The Morgan fingerprint density at radius 1 is 1.09 bits per heavy atom. The van der Waals surface area contributed by atoms with E-state index in [2.05, 4.69) is 18.4 Å². The minimum Gasteiger partial charge on any atom is -0.497 e. The van der Waals surface area contributed by atoms with Gasteiger partial charge in [0, 0.05) is 27.4 Å². The molecule has 0 aliphatic carbocycles. The van der Waals surface area contributed by atoms with Crippen molar-refractivity contribution in [2.24, 2.45) is 0 Å². The molecule has 0 aliphatic rings. The zero-order valence-electron chi connectivity index (χ0n) is 12.4. The molecule has 0 radical (unpaired) electrons. The second-order valence-electron chi connectivity index (χ2n) is 4.52. The summed E-state index contributed by atoms with van der Waals surface area (Å²) in [5.41, 5.74) is 8.70. The van der Waals surface area contributed by atoms with Crippen LogP contribution in [0.25, 0.3) is 5.76 Å². The average molecular weight is 314 g/mol. The maximum absolute atomic E-state index is 5.97. The van der Waals surface area contributed by atoms with E-state index in [1.165, 1.54) is 0 Å². The summed E-state index contributed by atoms with van der Waals surface area (Å²) in [6.45, 7) is 3.87. The molecule has 2 rings (SSSR count). The van der Waals surface area contributed by atoms with E-state index in [0.29, 0.717) is 27.8 Å². The van der Waals surface area contributed by atoms with Crippen LogP contribution in [0.1, 0.15) is 16.7 Å². The van der Waals surface area contributed by atoms with E-state index in [1.807, 2.05) is 18.2 Å². The summed E-state index contributed by atoms with van der Waals surface area (Å²) >= 11 is 5.97. The number of ether oxygens (including phenoxy) is 2. The minimum atomic E-state index is 0.516. The van der Waals surface area contributed by atoms with Crippen LogP contribution >= 0.6 is 11.6 Å². The smallest absolute Gasteiger partial charge is 0.120 e. The van der Waals surface area contributed by atoms with E-state index in [4.69, 9.17) is 26.8 Å². The number of nitrogen functional groups attached to an aromatic ring is 1. The van der Waals surface area contributed by atoms with Gasteiger partial charge in [-0.2, -0.15) is 0 Å². The third kappa shape index (κ3) is 3.55. The molecule has 0 aliphatic heterocycles. The van der Waals surface area contributed by atoms with E-state index in [9.17, 15) is 0 Å². The molecule has 3 nitrogen and oxygen atoms in total. The van der Waals surface area contributed by atoms with Crippen LogP contribution in [0.5, 0.6) is 5.75 Å². The minimum absolute atomic E-state index is 0.516. The third-order valence-corrected chi connectivity index (χ3v) is 3.36. The van der Waals surface area contributed by atoms with E-state index in [1.54, 1.807) is 32.4 Å². The Kier molecular flexibility index (Phi) is 4.98. The van der Waals surface area contributed by atoms with Gasteiger partial charge in [0.2, 0.25) is 0 Å². The van der Waals surface area contributed by atoms with Gasteiger partial charge in [-0.3, -0.25) is 0 Å². The number of anilines is 1. The zero-order valence-corrected chi connectivity index (χ0v) is 13.2. The van der Waals surface area contributed by atoms with Crippen molar-refractivity contribution in [3.05, 3.63) is 64.7 Å². The molecule has 2 aromatic rings. The molecule has 2 aromatic carbocycles. The lowest BCUT2D eigenvalue weighted by atomic mass is 10.1. The molecule has 0 spiro atoms. The summed E-state index contributed by atoms with van der Waals surface area (Å²) in [4.78, 5) is 0. The maximum Gasteiger partial charge on any atom is 0.120 e. The highest BCUT2D eigenvalue weighted by atomic mass is 35.5. The number of methoxy groups -OCH3 is 2. The fourth-order valence-electron chi connectivity index (χ4n) is 1.87. The molecule has 112 valence electrons. The van der Waals surface area contributed by atoms with Gasteiger partial charge < -0.3 is 15.2 Å². The predicted molar refractivity (Wildman–Crippen MR) is 90.9 cm³/mol. The van der Waals surface area contributed by atoms with E-state index in [0.717, 1.165) is 11.1 Å². The lowest BCUT2D eigenvalue weighted by Crippen LogP contribution is -1.94. The first-order valence-corrected chi connectivity index (χ1v) is 6.91. The Hall–Kier alpha value is -2.57. The summed E-state index contributed by atoms with van der Waals surface area (Å²) < 4.78 is 10.4. The van der Waals surface area contributed by atoms with Gasteiger partial charge in [0.25, 0.3) is 0 Å². The molecular formula is C18H16ClNO2. The topological polar surface area (TPSA) is 44.5 Å². The molecule has 0 fully saturated rings. The fourth-order valence-corrected chi connectivity index (χ4v) is 2.04. The molecule has 0 aromatic heterocycles. The van der Waals surface area contributed by atoms with Gasteiger partial charge in [-0.1, -0.05) is 30.0 Å². The Labute approximate surface area is 135 Å². The molecule has 0 heterocycles. The summed E-state index contributed by atoms with van der Waals surface area (Å²) in [5.74, 6) is 7.33. The van der Waals surface area contributed by atoms with E-state index in [-0.39, 0.29) is 0 Å². The summed E-state index contributed by atoms with van der Waals surface area (Å²) in [6.07, 6.45) is 0. The predicted octanol–water partition coefficient (Wildman–Crippen LogP) is 3.95. The van der Waals surface area contributed by atoms with Crippen LogP contribution in [0.15, 0.2) is 43.0 Å². The number of nitrogens with two attached hydrogens (primary N) is 1. The van der Waals surface area contributed by atoms with Crippen molar-refractivity contribution >= 4 is 23.0 Å². The lowest BCUT2D eigenvalue weighted by Gasteiger charge is -2.09. The summed E-state index contributed by atoms with van der Waals surface area (Å²) in [7, 11) is 3.17. The van der Waals surface area contributed by atoms with Crippen LogP contribution in [-0.2, 0) is 4.74 Å². The standard InChI is InChI=1S/C18H16ClNO2/c1-12(21-2)17-11-16(22-3)8-6-13(17)4-5-14-10-15(19)7-9-18(14)20/h6-11H,1,20H2,2-3H3. The Bertz CT molecular complexity index is 772. The number of hydrogen-bond donors (Lipinski definition) is 1. The van der Waals surface area contributed by atoms with Crippen LogP contribution in [0.3, 0.4) is 0 Å². The van der Waals surface area contributed by atoms with Gasteiger partial charge in [-0.15, -0.1) is 0 Å². The highest BCUT2D eigenvalue weighted by Crippen LogP contribution is 2.24. The van der Waals surface area contributed by atoms with Crippen LogP contribution < -0.4 is 10.5 Å². The van der Waals surface area contributed by atoms with Gasteiger partial charge in [-0.25, -0.2) is 0 Å². The largest absolute Gasteiger partial charge is 0.497 e. The van der Waals surface area contributed by atoms with Crippen molar-refractivity contribution in [3.8, 4) is 17.6 Å². The lowest BCUT2D eigenvalue weighted by molar-refractivity contribution is 0.370. The number of rotatable bonds is 3. The average Bonchev–Trinajstić information content (AvgIpc) is 2.54. The molecule has 22 heavy (non-hydrogen) atoms. The zero-order chi connectivity index (χ0) is 16.1. The first-order valence-electron chi connectivity index (χ1n) is 6.53. The van der Waals surface area contributed by atoms with Gasteiger partial charge in [-0.05, 0) is 36.4 Å². The number of hydrogen-bond acceptors (Lipinski definition) is 3. The maximum atomic E-state index is 5.97.